The van der Waals surface area contributed by atoms with Crippen molar-refractivity contribution in [3.63, 3.8) is 0 Å². The lowest BCUT2D eigenvalue weighted by Crippen LogP contribution is -2.31. The third kappa shape index (κ3) is 3.33. The van der Waals surface area contributed by atoms with Crippen LogP contribution in [0.1, 0.15) is 13.3 Å². The van der Waals surface area contributed by atoms with E-state index in [4.69, 9.17) is 5.73 Å². The minimum Gasteiger partial charge on any atom is -0.399 e. The third-order valence-electron chi connectivity index (χ3n) is 2.99. The molecule has 4 nitrogen and oxygen atoms in total. The van der Waals surface area contributed by atoms with Crippen molar-refractivity contribution in [2.75, 3.05) is 16.6 Å². The lowest BCUT2D eigenvalue weighted by atomic mass is 10.3. The lowest BCUT2D eigenvalue weighted by molar-refractivity contribution is 0.585. The summed E-state index contributed by atoms with van der Waals surface area (Å²) in [6, 6.07) is 11.6. The minimum absolute atomic E-state index is 0.0622. The quantitative estimate of drug-likeness (QED) is 0.864. The summed E-state index contributed by atoms with van der Waals surface area (Å²) >= 11 is 0. The SMILES string of the molecule is CCCN(c1ccc(N)cc1)S(=O)(=O)c1cccc(F)c1. The zero-order valence-corrected chi connectivity index (χ0v) is 12.5. The lowest BCUT2D eigenvalue weighted by Gasteiger charge is -2.24. The Bertz CT molecular complexity index is 715. The van der Waals surface area contributed by atoms with E-state index in [1.807, 2.05) is 6.92 Å². The Morgan fingerprint density at radius 1 is 1.14 bits per heavy atom. The number of rotatable bonds is 5. The highest BCUT2D eigenvalue weighted by atomic mass is 32.2. The first kappa shape index (κ1) is 15.3. The van der Waals surface area contributed by atoms with E-state index in [9.17, 15) is 12.8 Å². The molecule has 0 spiro atoms. The predicted molar refractivity (Wildman–Crippen MR) is 82.1 cm³/mol. The molecule has 112 valence electrons. The maximum atomic E-state index is 13.3. The van der Waals surface area contributed by atoms with Crippen LogP contribution in [0.4, 0.5) is 15.8 Å². The van der Waals surface area contributed by atoms with E-state index in [0.29, 0.717) is 24.3 Å². The monoisotopic (exact) mass is 308 g/mol. The highest BCUT2D eigenvalue weighted by Crippen LogP contribution is 2.25. The van der Waals surface area contributed by atoms with E-state index in [1.54, 1.807) is 24.3 Å². The molecule has 21 heavy (non-hydrogen) atoms. The van der Waals surface area contributed by atoms with Gasteiger partial charge in [-0.05, 0) is 48.9 Å². The summed E-state index contributed by atoms with van der Waals surface area (Å²) in [6.07, 6.45) is 0.638. The Balaban J connectivity index is 2.48. The highest BCUT2D eigenvalue weighted by Gasteiger charge is 2.24. The molecule has 0 amide bonds. The fourth-order valence-corrected chi connectivity index (χ4v) is 3.58. The smallest absolute Gasteiger partial charge is 0.264 e. The van der Waals surface area contributed by atoms with E-state index >= 15 is 0 Å². The molecule has 0 atom stereocenters. The number of nitrogen functional groups attached to an aromatic ring is 1. The number of hydrogen-bond donors (Lipinski definition) is 1. The van der Waals surface area contributed by atoms with Crippen LogP contribution >= 0.6 is 0 Å². The number of halogens is 1. The average molecular weight is 308 g/mol. The van der Waals surface area contributed by atoms with Crippen LogP contribution in [0.25, 0.3) is 0 Å². The van der Waals surface area contributed by atoms with Gasteiger partial charge >= 0.3 is 0 Å². The largest absolute Gasteiger partial charge is 0.399 e. The molecule has 0 aromatic heterocycles. The number of nitrogens with two attached hydrogens (primary N) is 1. The molecule has 2 rings (SSSR count). The third-order valence-corrected chi connectivity index (χ3v) is 4.82. The van der Waals surface area contributed by atoms with Crippen molar-refractivity contribution in [1.29, 1.82) is 0 Å². The number of anilines is 2. The summed E-state index contributed by atoms with van der Waals surface area (Å²) < 4.78 is 39.9. The van der Waals surface area contributed by atoms with Crippen molar-refractivity contribution >= 4 is 21.4 Å². The first-order valence-electron chi connectivity index (χ1n) is 6.59. The van der Waals surface area contributed by atoms with E-state index in [0.717, 1.165) is 6.07 Å². The molecule has 0 aliphatic rings. The van der Waals surface area contributed by atoms with Gasteiger partial charge in [-0.3, -0.25) is 4.31 Å². The standard InChI is InChI=1S/C15H17FN2O2S/c1-2-10-18(14-8-6-13(17)7-9-14)21(19,20)15-5-3-4-12(16)11-15/h3-9,11H,2,10,17H2,1H3. The fraction of sp³-hybridized carbons (Fsp3) is 0.200. The van der Waals surface area contributed by atoms with Gasteiger partial charge in [-0.2, -0.15) is 0 Å². The van der Waals surface area contributed by atoms with E-state index in [-0.39, 0.29) is 4.90 Å². The van der Waals surface area contributed by atoms with Gasteiger partial charge in [0.25, 0.3) is 10.0 Å². The first-order valence-corrected chi connectivity index (χ1v) is 8.03. The zero-order valence-electron chi connectivity index (χ0n) is 11.7. The number of sulfonamides is 1. The van der Waals surface area contributed by atoms with Crippen molar-refractivity contribution in [2.45, 2.75) is 18.2 Å². The van der Waals surface area contributed by atoms with Crippen molar-refractivity contribution in [3.8, 4) is 0 Å². The Morgan fingerprint density at radius 2 is 1.81 bits per heavy atom. The molecular formula is C15H17FN2O2S. The molecule has 0 bridgehead atoms. The van der Waals surface area contributed by atoms with Gasteiger partial charge < -0.3 is 5.73 Å². The second-order valence-corrected chi connectivity index (χ2v) is 6.49. The van der Waals surface area contributed by atoms with Crippen molar-refractivity contribution in [3.05, 3.63) is 54.3 Å². The van der Waals surface area contributed by atoms with Gasteiger partial charge in [0, 0.05) is 12.2 Å². The van der Waals surface area contributed by atoms with Gasteiger partial charge in [0.15, 0.2) is 0 Å². The van der Waals surface area contributed by atoms with Gasteiger partial charge in [-0.15, -0.1) is 0 Å². The van der Waals surface area contributed by atoms with Crippen LogP contribution in [0, 0.1) is 5.82 Å². The zero-order chi connectivity index (χ0) is 15.5. The highest BCUT2D eigenvalue weighted by molar-refractivity contribution is 7.92. The molecular weight excluding hydrogens is 291 g/mol. The fourth-order valence-electron chi connectivity index (χ4n) is 1.99. The molecule has 0 unspecified atom stereocenters. The molecule has 0 saturated carbocycles. The van der Waals surface area contributed by atoms with E-state index in [1.165, 1.54) is 22.5 Å². The Labute approximate surface area is 124 Å². The van der Waals surface area contributed by atoms with Gasteiger partial charge in [0.1, 0.15) is 5.82 Å². The molecule has 0 aliphatic heterocycles. The summed E-state index contributed by atoms with van der Waals surface area (Å²) in [5.41, 5.74) is 6.69. The normalized spacial score (nSPS) is 11.3. The predicted octanol–water partition coefficient (Wildman–Crippen LogP) is 3.01. The molecule has 0 heterocycles. The molecule has 2 N–H and O–H groups in total. The first-order chi connectivity index (χ1) is 9.95. The molecule has 0 fully saturated rings. The Hall–Kier alpha value is -2.08. The van der Waals surface area contributed by atoms with Crippen LogP contribution in [0.3, 0.4) is 0 Å². The number of hydrogen-bond acceptors (Lipinski definition) is 3. The van der Waals surface area contributed by atoms with Gasteiger partial charge in [0.05, 0.1) is 10.6 Å². The summed E-state index contributed by atoms with van der Waals surface area (Å²) in [7, 11) is -3.80. The van der Waals surface area contributed by atoms with Gasteiger partial charge in [0.2, 0.25) is 0 Å². The van der Waals surface area contributed by atoms with E-state index < -0.39 is 15.8 Å². The number of benzene rings is 2. The topological polar surface area (TPSA) is 63.4 Å². The van der Waals surface area contributed by atoms with Crippen LogP contribution < -0.4 is 10.0 Å². The maximum Gasteiger partial charge on any atom is 0.264 e. The second-order valence-electron chi connectivity index (χ2n) is 4.63. The van der Waals surface area contributed by atoms with Crippen molar-refractivity contribution in [2.24, 2.45) is 0 Å². The summed E-state index contributed by atoms with van der Waals surface area (Å²) in [5.74, 6) is -0.579. The molecule has 0 radical (unpaired) electrons. The van der Waals surface area contributed by atoms with Gasteiger partial charge in [-0.25, -0.2) is 12.8 Å². The van der Waals surface area contributed by atoms with Crippen LogP contribution in [0.2, 0.25) is 0 Å². The van der Waals surface area contributed by atoms with Crippen molar-refractivity contribution in [1.82, 2.24) is 0 Å². The average Bonchev–Trinajstić information content (AvgIpc) is 2.46. The molecule has 0 saturated heterocycles. The molecule has 0 aliphatic carbocycles. The van der Waals surface area contributed by atoms with Crippen LogP contribution in [0.15, 0.2) is 53.4 Å². The van der Waals surface area contributed by atoms with Crippen LogP contribution in [-0.4, -0.2) is 15.0 Å². The van der Waals surface area contributed by atoms with E-state index in [2.05, 4.69) is 0 Å². The molecule has 2 aromatic rings. The van der Waals surface area contributed by atoms with Crippen molar-refractivity contribution < 1.29 is 12.8 Å². The maximum absolute atomic E-state index is 13.3. The second kappa shape index (κ2) is 6.13. The Kier molecular flexibility index (Phi) is 4.47. The van der Waals surface area contributed by atoms with Crippen LogP contribution in [-0.2, 0) is 10.0 Å². The summed E-state index contributed by atoms with van der Waals surface area (Å²) in [6.45, 7) is 2.19. The number of nitrogens with zero attached hydrogens (tertiary/aromatic N) is 1. The molecule has 6 heteroatoms. The summed E-state index contributed by atoms with van der Waals surface area (Å²) in [4.78, 5) is -0.0622. The van der Waals surface area contributed by atoms with Gasteiger partial charge in [-0.1, -0.05) is 13.0 Å². The molecule has 2 aromatic carbocycles. The van der Waals surface area contributed by atoms with Crippen LogP contribution in [0.5, 0.6) is 0 Å². The minimum atomic E-state index is -3.80. The Morgan fingerprint density at radius 3 is 2.38 bits per heavy atom. The summed E-state index contributed by atoms with van der Waals surface area (Å²) in [5, 5.41) is 0.